The highest BCUT2D eigenvalue weighted by atomic mass is 16.5. The first-order valence-corrected chi connectivity index (χ1v) is 10.4. The summed E-state index contributed by atoms with van der Waals surface area (Å²) < 4.78 is 5.53. The van der Waals surface area contributed by atoms with Gasteiger partial charge in [0.2, 0.25) is 0 Å². The van der Waals surface area contributed by atoms with E-state index in [9.17, 15) is 4.79 Å². The molecular weight excluding hydrogens is 320 g/mol. The molecule has 2 fully saturated rings. The van der Waals surface area contributed by atoms with E-state index in [2.05, 4.69) is 44.7 Å². The molecule has 2 nitrogen and oxygen atoms in total. The molecule has 0 amide bonds. The predicted octanol–water partition coefficient (Wildman–Crippen LogP) is 6.16. The van der Waals surface area contributed by atoms with Crippen molar-refractivity contribution >= 4 is 5.97 Å². The van der Waals surface area contributed by atoms with Gasteiger partial charge in [-0.15, -0.1) is 0 Å². The van der Waals surface area contributed by atoms with Crippen LogP contribution in [-0.2, 0) is 14.9 Å². The molecule has 2 heteroatoms. The fourth-order valence-electron chi connectivity index (χ4n) is 4.80. The van der Waals surface area contributed by atoms with Gasteiger partial charge in [0.15, 0.2) is 0 Å². The van der Waals surface area contributed by atoms with Gasteiger partial charge in [0.05, 0.1) is 0 Å². The van der Waals surface area contributed by atoms with E-state index in [4.69, 9.17) is 4.74 Å². The van der Waals surface area contributed by atoms with Crippen LogP contribution < -0.4 is 0 Å². The molecule has 0 aliphatic heterocycles. The van der Waals surface area contributed by atoms with Gasteiger partial charge in [0.1, 0.15) is 6.61 Å². The Morgan fingerprint density at radius 2 is 1.62 bits per heavy atom. The zero-order valence-electron chi connectivity index (χ0n) is 16.5. The Bertz CT molecular complexity index is 600. The largest absolute Gasteiger partial charge is 0.462 e. The normalized spacial score (nSPS) is 32.0. The topological polar surface area (TPSA) is 26.3 Å². The molecule has 3 rings (SSSR count). The number of carbonyl (C=O) groups is 1. The van der Waals surface area contributed by atoms with Crippen molar-refractivity contribution in [3.8, 4) is 0 Å². The lowest BCUT2D eigenvalue weighted by Gasteiger charge is -2.39. The van der Waals surface area contributed by atoms with Gasteiger partial charge in [-0.2, -0.15) is 0 Å². The Hall–Kier alpha value is -1.57. The van der Waals surface area contributed by atoms with Crippen LogP contribution in [0.15, 0.2) is 36.9 Å². The molecule has 2 aliphatic carbocycles. The van der Waals surface area contributed by atoms with Crippen LogP contribution in [-0.4, -0.2) is 12.6 Å². The second kappa shape index (κ2) is 8.41. The molecule has 142 valence electrons. The van der Waals surface area contributed by atoms with Crippen LogP contribution in [0.25, 0.3) is 0 Å². The summed E-state index contributed by atoms with van der Waals surface area (Å²) in [5, 5.41) is 0. The molecule has 0 atom stereocenters. The second-order valence-electron chi connectivity index (χ2n) is 8.85. The summed E-state index contributed by atoms with van der Waals surface area (Å²) in [4.78, 5) is 11.6. The molecule has 0 heterocycles. The summed E-state index contributed by atoms with van der Waals surface area (Å²) in [5.41, 5.74) is 2.81. The fraction of sp³-hybridized carbons (Fsp3) is 0.625. The minimum atomic E-state index is -0.309. The fourth-order valence-corrected chi connectivity index (χ4v) is 4.80. The van der Waals surface area contributed by atoms with E-state index in [1.54, 1.807) is 0 Å². The maximum Gasteiger partial charge on any atom is 0.330 e. The van der Waals surface area contributed by atoms with Gasteiger partial charge in [-0.3, -0.25) is 0 Å². The van der Waals surface area contributed by atoms with Gasteiger partial charge in [0, 0.05) is 11.5 Å². The average Bonchev–Trinajstić information content (AvgIpc) is 2.68. The first-order valence-electron chi connectivity index (χ1n) is 10.4. The number of benzene rings is 1. The first-order chi connectivity index (χ1) is 12.5. The quantitative estimate of drug-likeness (QED) is 0.468. The average molecular weight is 355 g/mol. The van der Waals surface area contributed by atoms with Crippen molar-refractivity contribution in [3.63, 3.8) is 0 Å². The van der Waals surface area contributed by atoms with Gasteiger partial charge in [-0.05, 0) is 67.4 Å². The SMILES string of the molecule is C=CC(=O)OCC1(c2ccc(C3CCC(C)CC3)cc2)CCC(C)CC1. The summed E-state index contributed by atoms with van der Waals surface area (Å²) in [7, 11) is 0. The van der Waals surface area contributed by atoms with Crippen molar-refractivity contribution < 1.29 is 9.53 Å². The summed E-state index contributed by atoms with van der Waals surface area (Å²) in [6, 6.07) is 9.30. The highest BCUT2D eigenvalue weighted by Crippen LogP contribution is 2.43. The summed E-state index contributed by atoms with van der Waals surface area (Å²) in [6.45, 7) is 8.70. The van der Waals surface area contributed by atoms with Crippen LogP contribution in [0.1, 0.15) is 82.3 Å². The van der Waals surface area contributed by atoms with Crippen LogP contribution in [0.4, 0.5) is 0 Å². The second-order valence-corrected chi connectivity index (χ2v) is 8.85. The number of ether oxygens (including phenoxy) is 1. The van der Waals surface area contributed by atoms with Crippen molar-refractivity contribution in [2.45, 2.75) is 76.5 Å². The van der Waals surface area contributed by atoms with E-state index in [0.717, 1.165) is 30.6 Å². The molecule has 2 aliphatic rings. The van der Waals surface area contributed by atoms with E-state index < -0.39 is 0 Å². The molecule has 0 bridgehead atoms. The zero-order chi connectivity index (χ0) is 18.6. The molecule has 0 spiro atoms. The number of hydrogen-bond acceptors (Lipinski definition) is 2. The maximum absolute atomic E-state index is 11.6. The smallest absolute Gasteiger partial charge is 0.330 e. The monoisotopic (exact) mass is 354 g/mol. The van der Waals surface area contributed by atoms with Gasteiger partial charge in [-0.1, -0.05) is 57.5 Å². The Morgan fingerprint density at radius 3 is 2.19 bits per heavy atom. The molecule has 2 saturated carbocycles. The molecular formula is C24H34O2. The Kier molecular flexibility index (Phi) is 6.21. The Morgan fingerprint density at radius 1 is 1.04 bits per heavy atom. The molecule has 0 unspecified atom stereocenters. The molecule has 1 aromatic carbocycles. The third-order valence-electron chi connectivity index (χ3n) is 6.90. The van der Waals surface area contributed by atoms with Crippen LogP contribution in [0.3, 0.4) is 0 Å². The molecule has 0 N–H and O–H groups in total. The molecule has 0 saturated heterocycles. The number of rotatable bonds is 5. The summed E-state index contributed by atoms with van der Waals surface area (Å²) in [6.07, 6.45) is 11.2. The van der Waals surface area contributed by atoms with Crippen molar-refractivity contribution in [2.24, 2.45) is 11.8 Å². The van der Waals surface area contributed by atoms with Crippen molar-refractivity contribution in [1.29, 1.82) is 0 Å². The third kappa shape index (κ3) is 4.39. The van der Waals surface area contributed by atoms with Crippen LogP contribution >= 0.6 is 0 Å². The van der Waals surface area contributed by atoms with E-state index in [-0.39, 0.29) is 11.4 Å². The number of carbonyl (C=O) groups excluding carboxylic acids is 1. The first kappa shape index (κ1) is 19.2. The zero-order valence-corrected chi connectivity index (χ0v) is 16.5. The van der Waals surface area contributed by atoms with Gasteiger partial charge >= 0.3 is 5.97 Å². The summed E-state index contributed by atoms with van der Waals surface area (Å²) in [5.74, 6) is 2.07. The van der Waals surface area contributed by atoms with Crippen LogP contribution in [0, 0.1) is 11.8 Å². The lowest BCUT2D eigenvalue weighted by atomic mass is 9.67. The van der Waals surface area contributed by atoms with Crippen LogP contribution in [0.5, 0.6) is 0 Å². The van der Waals surface area contributed by atoms with Gasteiger partial charge in [0.25, 0.3) is 0 Å². The van der Waals surface area contributed by atoms with Crippen molar-refractivity contribution in [3.05, 3.63) is 48.0 Å². The van der Waals surface area contributed by atoms with Crippen molar-refractivity contribution in [1.82, 2.24) is 0 Å². The van der Waals surface area contributed by atoms with E-state index in [0.29, 0.717) is 6.61 Å². The standard InChI is InChI=1S/C24H34O2/c1-4-23(25)26-17-24(15-13-19(3)14-16-24)22-11-9-21(10-12-22)20-7-5-18(2)6-8-20/h4,9-12,18-20H,1,5-8,13-17H2,2-3H3. The van der Waals surface area contributed by atoms with E-state index in [1.165, 1.54) is 55.7 Å². The highest BCUT2D eigenvalue weighted by molar-refractivity contribution is 5.81. The Balaban J connectivity index is 1.75. The maximum atomic E-state index is 11.6. The number of hydrogen-bond donors (Lipinski definition) is 0. The van der Waals surface area contributed by atoms with E-state index in [1.807, 2.05) is 0 Å². The minimum absolute atomic E-state index is 0.0230. The van der Waals surface area contributed by atoms with Crippen molar-refractivity contribution in [2.75, 3.05) is 6.61 Å². The number of esters is 1. The molecule has 26 heavy (non-hydrogen) atoms. The van der Waals surface area contributed by atoms with Crippen LogP contribution in [0.2, 0.25) is 0 Å². The van der Waals surface area contributed by atoms with Gasteiger partial charge in [-0.25, -0.2) is 4.79 Å². The molecule has 1 aromatic rings. The molecule has 0 radical (unpaired) electrons. The minimum Gasteiger partial charge on any atom is -0.462 e. The predicted molar refractivity (Wildman–Crippen MR) is 107 cm³/mol. The molecule has 0 aromatic heterocycles. The Labute approximate surface area is 159 Å². The lowest BCUT2D eigenvalue weighted by molar-refractivity contribution is -0.140. The highest BCUT2D eigenvalue weighted by Gasteiger charge is 2.37. The van der Waals surface area contributed by atoms with Gasteiger partial charge < -0.3 is 4.74 Å². The third-order valence-corrected chi connectivity index (χ3v) is 6.90. The van der Waals surface area contributed by atoms with E-state index >= 15 is 0 Å². The lowest BCUT2D eigenvalue weighted by Crippen LogP contribution is -2.36. The summed E-state index contributed by atoms with van der Waals surface area (Å²) >= 11 is 0.